The van der Waals surface area contributed by atoms with Gasteiger partial charge in [-0.3, -0.25) is 4.79 Å². The summed E-state index contributed by atoms with van der Waals surface area (Å²) in [5, 5.41) is -4.21. The van der Waals surface area contributed by atoms with Crippen molar-refractivity contribution < 1.29 is 18.0 Å². The van der Waals surface area contributed by atoms with Gasteiger partial charge in [0.25, 0.3) is 5.78 Å². The van der Waals surface area contributed by atoms with Crippen LogP contribution in [0.15, 0.2) is 16.6 Å². The molecule has 1 nitrogen and oxygen atoms in total. The van der Waals surface area contributed by atoms with Crippen LogP contribution in [0.5, 0.6) is 0 Å². The highest BCUT2D eigenvalue weighted by Gasteiger charge is 2.39. The highest BCUT2D eigenvalue weighted by atomic mass is 79.9. The molecular formula is C8H2BrCl2F3O. The molecule has 0 aliphatic heterocycles. The molecule has 0 heterocycles. The lowest BCUT2D eigenvalue weighted by atomic mass is 10.1. The molecule has 0 bridgehead atoms. The van der Waals surface area contributed by atoms with Crippen LogP contribution in [-0.2, 0) is 0 Å². The highest BCUT2D eigenvalue weighted by Crippen LogP contribution is 2.33. The van der Waals surface area contributed by atoms with Gasteiger partial charge in [0.1, 0.15) is 5.82 Å². The molecular weight excluding hydrogens is 320 g/mol. The normalized spacial score (nSPS) is 11.6. The van der Waals surface area contributed by atoms with Gasteiger partial charge in [-0.15, -0.1) is 0 Å². The van der Waals surface area contributed by atoms with E-state index in [1.54, 1.807) is 0 Å². The van der Waals surface area contributed by atoms with E-state index in [2.05, 4.69) is 27.5 Å². The van der Waals surface area contributed by atoms with Crippen LogP contribution < -0.4 is 0 Å². The van der Waals surface area contributed by atoms with E-state index in [-0.39, 0.29) is 9.50 Å². The van der Waals surface area contributed by atoms with Crippen molar-refractivity contribution >= 4 is 44.9 Å². The van der Waals surface area contributed by atoms with Crippen molar-refractivity contribution in [3.63, 3.8) is 0 Å². The van der Waals surface area contributed by atoms with Crippen molar-refractivity contribution in [2.24, 2.45) is 0 Å². The lowest BCUT2D eigenvalue weighted by Crippen LogP contribution is -2.23. The molecule has 0 fully saturated rings. The van der Waals surface area contributed by atoms with E-state index in [1.807, 2.05) is 0 Å². The summed E-state index contributed by atoms with van der Waals surface area (Å²) in [7, 11) is 0. The van der Waals surface area contributed by atoms with Crippen molar-refractivity contribution in [2.45, 2.75) is 5.38 Å². The van der Waals surface area contributed by atoms with Crippen molar-refractivity contribution in [1.29, 1.82) is 0 Å². The van der Waals surface area contributed by atoms with E-state index in [4.69, 9.17) is 11.6 Å². The van der Waals surface area contributed by atoms with Gasteiger partial charge >= 0.3 is 5.38 Å². The standard InChI is InChI=1S/C8H2BrCl2F3O/c9-6-3(10)1-2-4(12)5(6)7(15)8(11,13)14/h1-2H. The Morgan fingerprint density at radius 2 is 1.93 bits per heavy atom. The largest absolute Gasteiger partial charge is 0.385 e. The van der Waals surface area contributed by atoms with Gasteiger partial charge in [0.2, 0.25) is 0 Å². The van der Waals surface area contributed by atoms with E-state index in [1.165, 1.54) is 0 Å². The van der Waals surface area contributed by atoms with Crippen LogP contribution in [0.1, 0.15) is 10.4 Å². The van der Waals surface area contributed by atoms with Crippen LogP contribution >= 0.6 is 39.1 Å². The molecule has 0 amide bonds. The van der Waals surface area contributed by atoms with E-state index in [0.717, 1.165) is 12.1 Å². The lowest BCUT2D eigenvalue weighted by molar-refractivity contribution is 0.0530. The number of rotatable bonds is 2. The van der Waals surface area contributed by atoms with E-state index in [9.17, 15) is 18.0 Å². The topological polar surface area (TPSA) is 17.1 Å². The SMILES string of the molecule is O=C(c1c(F)ccc(Cl)c1Br)C(F)(F)Cl. The van der Waals surface area contributed by atoms with Gasteiger partial charge in [-0.25, -0.2) is 4.39 Å². The predicted octanol–water partition coefficient (Wildman–Crippen LogP) is 4.26. The first kappa shape index (κ1) is 12.8. The predicted molar refractivity (Wildman–Crippen MR) is 54.2 cm³/mol. The zero-order valence-corrected chi connectivity index (χ0v) is 9.93. The maximum atomic E-state index is 13.1. The first-order valence-corrected chi connectivity index (χ1v) is 5.05. The van der Waals surface area contributed by atoms with Gasteiger partial charge in [-0.2, -0.15) is 8.78 Å². The van der Waals surface area contributed by atoms with Gasteiger partial charge in [0.05, 0.1) is 15.1 Å². The summed E-state index contributed by atoms with van der Waals surface area (Å²) < 4.78 is 37.8. The first-order chi connectivity index (χ1) is 6.75. The second kappa shape index (κ2) is 4.31. The van der Waals surface area contributed by atoms with Gasteiger partial charge in [-0.05, 0) is 39.7 Å². The lowest BCUT2D eigenvalue weighted by Gasteiger charge is -2.10. The Balaban J connectivity index is 3.38. The van der Waals surface area contributed by atoms with Crippen LogP contribution in [0.3, 0.4) is 0 Å². The number of hydrogen-bond donors (Lipinski definition) is 0. The molecule has 0 spiro atoms. The molecule has 0 saturated carbocycles. The molecule has 0 radical (unpaired) electrons. The number of ketones is 1. The maximum Gasteiger partial charge on any atom is 0.385 e. The number of Topliss-reactive ketones (excluding diaryl/α,β-unsaturated/α-hetero) is 1. The number of hydrogen-bond acceptors (Lipinski definition) is 1. The second-order valence-corrected chi connectivity index (χ2v) is 4.22. The average Bonchev–Trinajstić information content (AvgIpc) is 2.10. The Hall–Kier alpha value is -0.260. The summed E-state index contributed by atoms with van der Waals surface area (Å²) in [4.78, 5) is 11.0. The van der Waals surface area contributed by atoms with Gasteiger partial charge in [0.15, 0.2) is 0 Å². The molecule has 15 heavy (non-hydrogen) atoms. The summed E-state index contributed by atoms with van der Waals surface area (Å²) in [5.41, 5.74) is -0.859. The van der Waals surface area contributed by atoms with Crippen LogP contribution in [0, 0.1) is 5.82 Å². The Bertz CT molecular complexity index is 417. The molecule has 0 aliphatic rings. The quantitative estimate of drug-likeness (QED) is 0.452. The van der Waals surface area contributed by atoms with Crippen molar-refractivity contribution in [3.05, 3.63) is 33.0 Å². The van der Waals surface area contributed by atoms with Gasteiger partial charge < -0.3 is 0 Å². The smallest absolute Gasteiger partial charge is 0.286 e. The third-order valence-corrected chi connectivity index (χ3v) is 3.07. The van der Waals surface area contributed by atoms with E-state index < -0.39 is 22.5 Å². The maximum absolute atomic E-state index is 13.1. The number of carbonyl (C=O) groups excluding carboxylic acids is 1. The van der Waals surface area contributed by atoms with Gasteiger partial charge in [0, 0.05) is 0 Å². The monoisotopic (exact) mass is 320 g/mol. The van der Waals surface area contributed by atoms with E-state index >= 15 is 0 Å². The molecule has 1 aromatic rings. The van der Waals surface area contributed by atoms with E-state index in [0.29, 0.717) is 0 Å². The molecule has 0 saturated heterocycles. The van der Waals surface area contributed by atoms with Crippen LogP contribution in [0.4, 0.5) is 13.2 Å². The van der Waals surface area contributed by atoms with Crippen LogP contribution in [0.2, 0.25) is 5.02 Å². The molecule has 0 N–H and O–H groups in total. The Labute approximate surface area is 101 Å². The fraction of sp³-hybridized carbons (Fsp3) is 0.125. The van der Waals surface area contributed by atoms with Crippen LogP contribution in [0.25, 0.3) is 0 Å². The zero-order valence-electron chi connectivity index (χ0n) is 6.83. The summed E-state index contributed by atoms with van der Waals surface area (Å²) in [6.07, 6.45) is 0. The highest BCUT2D eigenvalue weighted by molar-refractivity contribution is 9.10. The van der Waals surface area contributed by atoms with Gasteiger partial charge in [-0.1, -0.05) is 11.6 Å². The number of benzene rings is 1. The second-order valence-electron chi connectivity index (χ2n) is 2.55. The average molecular weight is 322 g/mol. The van der Waals surface area contributed by atoms with Crippen molar-refractivity contribution in [3.8, 4) is 0 Å². The number of carbonyl (C=O) groups is 1. The summed E-state index contributed by atoms with van der Waals surface area (Å²) >= 11 is 12.8. The molecule has 0 unspecified atom stereocenters. The minimum absolute atomic E-state index is 0.0549. The van der Waals surface area contributed by atoms with Crippen molar-refractivity contribution in [1.82, 2.24) is 0 Å². The minimum Gasteiger partial charge on any atom is -0.286 e. The molecule has 0 atom stereocenters. The minimum atomic E-state index is -4.16. The molecule has 0 aromatic heterocycles. The molecule has 0 aliphatic carbocycles. The first-order valence-electron chi connectivity index (χ1n) is 3.50. The Morgan fingerprint density at radius 3 is 2.40 bits per heavy atom. The third kappa shape index (κ3) is 2.65. The number of halogens is 6. The number of alkyl halides is 3. The summed E-state index contributed by atoms with van der Waals surface area (Å²) in [6.45, 7) is 0. The van der Waals surface area contributed by atoms with Crippen molar-refractivity contribution in [2.75, 3.05) is 0 Å². The third-order valence-electron chi connectivity index (χ3n) is 1.53. The summed E-state index contributed by atoms with van der Waals surface area (Å²) in [6, 6.07) is 1.94. The Morgan fingerprint density at radius 1 is 1.40 bits per heavy atom. The molecule has 1 aromatic carbocycles. The molecule has 82 valence electrons. The molecule has 1 rings (SSSR count). The van der Waals surface area contributed by atoms with Crippen LogP contribution in [-0.4, -0.2) is 11.2 Å². The Kier molecular flexibility index (Phi) is 3.68. The fourth-order valence-corrected chi connectivity index (χ4v) is 1.63. The fourth-order valence-electron chi connectivity index (χ4n) is 0.877. The summed E-state index contributed by atoms with van der Waals surface area (Å²) in [5.74, 6) is -2.95. The zero-order chi connectivity index (χ0) is 11.8. The molecule has 7 heteroatoms.